The van der Waals surface area contributed by atoms with Gasteiger partial charge < -0.3 is 0 Å². The number of benzene rings is 7. The highest BCUT2D eigenvalue weighted by Crippen LogP contribution is 2.49. The lowest BCUT2D eigenvalue weighted by atomic mass is 9.89. The van der Waals surface area contributed by atoms with Gasteiger partial charge in [-0.25, -0.2) is 8.78 Å². The molecule has 0 N–H and O–H groups in total. The summed E-state index contributed by atoms with van der Waals surface area (Å²) >= 11 is 3.60. The first-order valence-corrected chi connectivity index (χ1v) is 14.1. The van der Waals surface area contributed by atoms with Gasteiger partial charge in [-0.2, -0.15) is 0 Å². The van der Waals surface area contributed by atoms with Crippen molar-refractivity contribution in [1.29, 1.82) is 0 Å². The molecule has 2 heterocycles. The van der Waals surface area contributed by atoms with Crippen LogP contribution in [0.4, 0.5) is 8.78 Å². The standard InChI is InChI=1S/C34H16F2S2/c35-21-11-20(12-22(36)16-21)17-5-8-24-26-14-19-6-9-28-33-25(23-3-1-2-4-27(23)37-28)13-18-7-10-29(38-30(24)15-17)34(26)32(18)31(19)33/h1-16H. The van der Waals surface area contributed by atoms with Crippen molar-refractivity contribution in [3.05, 3.63) is 109 Å². The highest BCUT2D eigenvalue weighted by molar-refractivity contribution is 7.25. The molecule has 9 aromatic rings. The molecule has 7 aromatic carbocycles. The zero-order valence-electron chi connectivity index (χ0n) is 19.8. The summed E-state index contributed by atoms with van der Waals surface area (Å²) in [6.07, 6.45) is 0. The highest BCUT2D eigenvalue weighted by Gasteiger charge is 2.19. The zero-order valence-corrected chi connectivity index (χ0v) is 21.4. The Balaban J connectivity index is 1.44. The molecule has 0 nitrogen and oxygen atoms in total. The fourth-order valence-electron chi connectivity index (χ4n) is 6.31. The summed E-state index contributed by atoms with van der Waals surface area (Å²) in [6.45, 7) is 0. The maximum absolute atomic E-state index is 13.9. The van der Waals surface area contributed by atoms with Gasteiger partial charge in [-0.1, -0.05) is 42.5 Å². The van der Waals surface area contributed by atoms with E-state index in [9.17, 15) is 8.78 Å². The zero-order chi connectivity index (χ0) is 25.1. The van der Waals surface area contributed by atoms with E-state index in [2.05, 4.69) is 72.8 Å². The Morgan fingerprint density at radius 3 is 1.68 bits per heavy atom. The Labute approximate surface area is 223 Å². The molecule has 2 aromatic heterocycles. The number of fused-ring (bicyclic) bond motifs is 4. The predicted octanol–water partition coefficient (Wildman–Crippen LogP) is 11.3. The molecule has 0 fully saturated rings. The fraction of sp³-hybridized carbons (Fsp3) is 0. The molecular weight excluding hydrogens is 511 g/mol. The normalized spacial score (nSPS) is 12.5. The van der Waals surface area contributed by atoms with Gasteiger partial charge in [0.2, 0.25) is 0 Å². The molecule has 0 amide bonds. The van der Waals surface area contributed by atoms with Crippen LogP contribution in [0, 0.1) is 11.6 Å². The van der Waals surface area contributed by atoms with Crippen molar-refractivity contribution in [3.63, 3.8) is 0 Å². The van der Waals surface area contributed by atoms with E-state index < -0.39 is 11.6 Å². The van der Waals surface area contributed by atoms with E-state index >= 15 is 0 Å². The van der Waals surface area contributed by atoms with Gasteiger partial charge in [0.15, 0.2) is 0 Å². The van der Waals surface area contributed by atoms with Crippen molar-refractivity contribution < 1.29 is 8.78 Å². The van der Waals surface area contributed by atoms with Crippen LogP contribution in [-0.2, 0) is 0 Å². The van der Waals surface area contributed by atoms with Gasteiger partial charge in [-0.3, -0.25) is 0 Å². The van der Waals surface area contributed by atoms with Gasteiger partial charge in [0.05, 0.1) is 0 Å². The Morgan fingerprint density at radius 2 is 1.00 bits per heavy atom. The molecule has 0 aliphatic rings. The maximum atomic E-state index is 13.9. The molecule has 0 radical (unpaired) electrons. The van der Waals surface area contributed by atoms with Gasteiger partial charge in [0, 0.05) is 35.6 Å². The van der Waals surface area contributed by atoms with Crippen LogP contribution in [0.3, 0.4) is 0 Å². The second kappa shape index (κ2) is 7.25. The van der Waals surface area contributed by atoms with Crippen LogP contribution < -0.4 is 0 Å². The third-order valence-electron chi connectivity index (χ3n) is 7.87. The third-order valence-corrected chi connectivity index (χ3v) is 10.1. The molecule has 38 heavy (non-hydrogen) atoms. The molecule has 0 saturated carbocycles. The molecule has 0 spiro atoms. The van der Waals surface area contributed by atoms with E-state index in [1.54, 1.807) is 11.3 Å². The lowest BCUT2D eigenvalue weighted by molar-refractivity contribution is 0.584. The number of rotatable bonds is 1. The smallest absolute Gasteiger partial charge is 0.126 e. The van der Waals surface area contributed by atoms with E-state index in [0.29, 0.717) is 5.56 Å². The fourth-order valence-corrected chi connectivity index (χ4v) is 8.59. The summed E-state index contributed by atoms with van der Waals surface area (Å²) in [5, 5.41) is 12.8. The topological polar surface area (TPSA) is 0 Å². The Morgan fingerprint density at radius 1 is 0.395 bits per heavy atom. The molecule has 0 bridgehead atoms. The van der Waals surface area contributed by atoms with Gasteiger partial charge in [-0.15, -0.1) is 22.7 Å². The average Bonchev–Trinajstić information content (AvgIpc) is 2.93. The van der Waals surface area contributed by atoms with Crippen LogP contribution >= 0.6 is 22.7 Å². The second-order valence-electron chi connectivity index (χ2n) is 9.99. The van der Waals surface area contributed by atoms with E-state index in [0.717, 1.165) is 21.7 Å². The summed E-state index contributed by atoms with van der Waals surface area (Å²) in [7, 11) is 0. The van der Waals surface area contributed by atoms with Crippen LogP contribution in [0.15, 0.2) is 97.1 Å². The molecule has 0 saturated heterocycles. The summed E-state index contributed by atoms with van der Waals surface area (Å²) in [6, 6.07) is 32.2. The number of hydrogen-bond acceptors (Lipinski definition) is 2. The lowest BCUT2D eigenvalue weighted by Gasteiger charge is -2.18. The first-order valence-electron chi connectivity index (χ1n) is 12.5. The minimum Gasteiger partial charge on any atom is -0.207 e. The van der Waals surface area contributed by atoms with Gasteiger partial charge in [0.25, 0.3) is 0 Å². The first-order chi connectivity index (χ1) is 18.6. The number of halogens is 2. The lowest BCUT2D eigenvalue weighted by Crippen LogP contribution is -1.90. The van der Waals surface area contributed by atoms with Gasteiger partial charge >= 0.3 is 0 Å². The van der Waals surface area contributed by atoms with E-state index in [4.69, 9.17) is 0 Å². The summed E-state index contributed by atoms with van der Waals surface area (Å²) in [5.74, 6) is -1.13. The minimum absolute atomic E-state index is 0.548. The molecule has 9 rings (SSSR count). The quantitative estimate of drug-likeness (QED) is 0.147. The Bertz CT molecular complexity index is 2410. The van der Waals surface area contributed by atoms with Crippen molar-refractivity contribution >= 4 is 95.3 Å². The van der Waals surface area contributed by atoms with Gasteiger partial charge in [0.1, 0.15) is 11.6 Å². The Hall–Kier alpha value is -4.12. The van der Waals surface area contributed by atoms with Crippen LogP contribution in [0.2, 0.25) is 0 Å². The third kappa shape index (κ3) is 2.71. The van der Waals surface area contributed by atoms with Crippen molar-refractivity contribution in [1.82, 2.24) is 0 Å². The van der Waals surface area contributed by atoms with Crippen LogP contribution in [0.1, 0.15) is 0 Å². The largest absolute Gasteiger partial charge is 0.207 e. The van der Waals surface area contributed by atoms with Gasteiger partial charge in [-0.05, 0) is 103 Å². The van der Waals surface area contributed by atoms with Crippen LogP contribution in [0.25, 0.3) is 83.8 Å². The second-order valence-corrected chi connectivity index (χ2v) is 12.2. The summed E-state index contributed by atoms with van der Waals surface area (Å²) in [5.41, 5.74) is 1.36. The van der Waals surface area contributed by atoms with Crippen molar-refractivity contribution in [2.45, 2.75) is 0 Å². The van der Waals surface area contributed by atoms with E-state index in [1.807, 2.05) is 17.4 Å². The number of hydrogen-bond donors (Lipinski definition) is 0. The maximum Gasteiger partial charge on any atom is 0.126 e. The van der Waals surface area contributed by atoms with E-state index in [1.165, 1.54) is 74.7 Å². The van der Waals surface area contributed by atoms with Crippen LogP contribution in [0.5, 0.6) is 0 Å². The molecule has 0 unspecified atom stereocenters. The van der Waals surface area contributed by atoms with E-state index in [-0.39, 0.29) is 0 Å². The monoisotopic (exact) mass is 526 g/mol. The SMILES string of the molecule is Fc1cc(F)cc(-c2ccc3c(c2)sc2ccc4cc5c6ccccc6sc6ccc7cc3c2c4c7c65)c1. The van der Waals surface area contributed by atoms with Crippen molar-refractivity contribution in [2.75, 3.05) is 0 Å². The average molecular weight is 527 g/mol. The summed E-state index contributed by atoms with van der Waals surface area (Å²) < 4.78 is 32.8. The molecular formula is C34H16F2S2. The highest BCUT2D eigenvalue weighted by atomic mass is 32.1. The van der Waals surface area contributed by atoms with Crippen molar-refractivity contribution in [2.24, 2.45) is 0 Å². The summed E-state index contributed by atoms with van der Waals surface area (Å²) in [4.78, 5) is 0. The predicted molar refractivity (Wildman–Crippen MR) is 161 cm³/mol. The minimum atomic E-state index is -0.564. The molecule has 0 aliphatic carbocycles. The van der Waals surface area contributed by atoms with Crippen LogP contribution in [-0.4, -0.2) is 0 Å². The molecule has 4 heteroatoms. The first kappa shape index (κ1) is 20.9. The Kier molecular flexibility index (Phi) is 3.99. The van der Waals surface area contributed by atoms with Crippen molar-refractivity contribution in [3.8, 4) is 11.1 Å². The molecule has 0 aliphatic heterocycles. The molecule has 0 atom stereocenters. The molecule has 178 valence electrons.